The molecule has 1 fully saturated rings. The van der Waals surface area contributed by atoms with E-state index >= 15 is 0 Å². The molecule has 1 aliphatic rings. The quantitative estimate of drug-likeness (QED) is 0.810. The van der Waals surface area contributed by atoms with Gasteiger partial charge >= 0.3 is 0 Å². The molecule has 1 aliphatic heterocycles. The Morgan fingerprint density at radius 1 is 1.35 bits per heavy atom. The highest BCUT2D eigenvalue weighted by Gasteiger charge is 2.34. The van der Waals surface area contributed by atoms with Crippen LogP contribution in [0.3, 0.4) is 0 Å². The zero-order chi connectivity index (χ0) is 18.9. The molecule has 0 aliphatic carbocycles. The number of sulfonamides is 1. The van der Waals surface area contributed by atoms with Crippen molar-refractivity contribution in [2.24, 2.45) is 0 Å². The summed E-state index contributed by atoms with van der Waals surface area (Å²) in [6.07, 6.45) is 5.59. The van der Waals surface area contributed by atoms with Gasteiger partial charge in [0.2, 0.25) is 15.9 Å². The molecule has 3 rings (SSSR count). The lowest BCUT2D eigenvalue weighted by Gasteiger charge is -2.32. The van der Waals surface area contributed by atoms with E-state index < -0.39 is 16.1 Å². The minimum absolute atomic E-state index is 0.0556. The zero-order valence-corrected chi connectivity index (χ0v) is 16.0. The Bertz CT molecular complexity index is 885. The van der Waals surface area contributed by atoms with E-state index in [1.54, 1.807) is 26.5 Å². The fourth-order valence-electron chi connectivity index (χ4n) is 3.01. The molecule has 1 unspecified atom stereocenters. The second-order valence-electron chi connectivity index (χ2n) is 6.56. The second-order valence-corrected chi connectivity index (χ2v) is 8.27. The fraction of sp³-hybridized carbons (Fsp3) is 0.562. The van der Waals surface area contributed by atoms with E-state index in [0.717, 1.165) is 0 Å². The topological polar surface area (TPSA) is 102 Å². The Labute approximate surface area is 153 Å². The van der Waals surface area contributed by atoms with Gasteiger partial charge in [-0.3, -0.25) is 14.4 Å². The molecule has 1 atom stereocenters. The van der Waals surface area contributed by atoms with E-state index in [4.69, 9.17) is 0 Å². The van der Waals surface area contributed by atoms with Crippen LogP contribution in [0.1, 0.15) is 39.7 Å². The van der Waals surface area contributed by atoms with Gasteiger partial charge in [0.05, 0.1) is 12.4 Å². The van der Waals surface area contributed by atoms with Crippen molar-refractivity contribution >= 4 is 21.7 Å². The van der Waals surface area contributed by atoms with Crippen molar-refractivity contribution in [2.45, 2.75) is 57.1 Å². The summed E-state index contributed by atoms with van der Waals surface area (Å²) in [7, 11) is -3.82. The van der Waals surface area contributed by atoms with Gasteiger partial charge in [-0.05, 0) is 33.6 Å². The molecule has 26 heavy (non-hydrogen) atoms. The summed E-state index contributed by atoms with van der Waals surface area (Å²) >= 11 is 0. The highest BCUT2D eigenvalue weighted by molar-refractivity contribution is 7.89. The number of nitrogens with zero attached hydrogens (tertiary/aromatic N) is 5. The number of aryl methyl sites for hydroxylation is 1. The molecule has 2 aromatic rings. The molecule has 0 saturated carbocycles. The minimum Gasteiger partial charge on any atom is -0.296 e. The lowest BCUT2D eigenvalue weighted by atomic mass is 10.1. The SMILES string of the molecule is CCn1nccc1N1CCCC(NS(=O)(=O)c2cnn(C(C)C)c2)C1=O. The van der Waals surface area contributed by atoms with Crippen molar-refractivity contribution in [3.05, 3.63) is 24.7 Å². The Morgan fingerprint density at radius 3 is 2.77 bits per heavy atom. The van der Waals surface area contributed by atoms with Crippen LogP contribution in [0.2, 0.25) is 0 Å². The number of nitrogens with one attached hydrogen (secondary N) is 1. The first-order valence-corrected chi connectivity index (χ1v) is 10.2. The molecule has 1 N–H and O–H groups in total. The van der Waals surface area contributed by atoms with E-state index in [1.807, 2.05) is 20.8 Å². The minimum atomic E-state index is -3.82. The Morgan fingerprint density at radius 2 is 2.12 bits per heavy atom. The van der Waals surface area contributed by atoms with Crippen LogP contribution in [0.5, 0.6) is 0 Å². The Balaban J connectivity index is 1.79. The highest BCUT2D eigenvalue weighted by Crippen LogP contribution is 2.22. The number of rotatable bonds is 6. The molecule has 0 aromatic carbocycles. The van der Waals surface area contributed by atoms with E-state index in [1.165, 1.54) is 12.4 Å². The monoisotopic (exact) mass is 380 g/mol. The number of piperidine rings is 1. The molecule has 1 amide bonds. The van der Waals surface area contributed by atoms with Crippen molar-refractivity contribution in [3.63, 3.8) is 0 Å². The molecular formula is C16H24N6O3S. The molecule has 0 spiro atoms. The number of hydrogen-bond acceptors (Lipinski definition) is 5. The third-order valence-electron chi connectivity index (χ3n) is 4.42. The standard InChI is InChI=1S/C16H24N6O3S/c1-4-21-15(7-8-17-21)20-9-5-6-14(16(20)23)19-26(24,25)13-10-18-22(11-13)12(2)3/h7-8,10-12,14,19H,4-6,9H2,1-3H3. The van der Waals surface area contributed by atoms with Gasteiger partial charge in [0.25, 0.3) is 0 Å². The van der Waals surface area contributed by atoms with E-state index in [0.29, 0.717) is 31.7 Å². The van der Waals surface area contributed by atoms with Crippen molar-refractivity contribution in [1.82, 2.24) is 24.3 Å². The maximum atomic E-state index is 12.9. The fourth-order valence-corrected chi connectivity index (χ4v) is 4.17. The van der Waals surface area contributed by atoms with Crippen molar-refractivity contribution in [1.29, 1.82) is 0 Å². The summed E-state index contributed by atoms with van der Waals surface area (Å²) in [4.78, 5) is 14.5. The van der Waals surface area contributed by atoms with Crippen molar-refractivity contribution in [3.8, 4) is 0 Å². The molecule has 142 valence electrons. The number of anilines is 1. The molecule has 3 heterocycles. The first kappa shape index (κ1) is 18.6. The number of carbonyl (C=O) groups excluding carboxylic acids is 1. The average Bonchev–Trinajstić information content (AvgIpc) is 3.26. The van der Waals surface area contributed by atoms with Gasteiger partial charge in [0.1, 0.15) is 16.8 Å². The van der Waals surface area contributed by atoms with Crippen LogP contribution in [0, 0.1) is 0 Å². The lowest BCUT2D eigenvalue weighted by Crippen LogP contribution is -2.52. The normalized spacial score (nSPS) is 18.7. The van der Waals surface area contributed by atoms with Crippen LogP contribution < -0.4 is 9.62 Å². The number of hydrogen-bond donors (Lipinski definition) is 1. The lowest BCUT2D eigenvalue weighted by molar-refractivity contribution is -0.121. The van der Waals surface area contributed by atoms with Crippen LogP contribution in [-0.4, -0.2) is 46.5 Å². The number of aromatic nitrogens is 4. The summed E-state index contributed by atoms with van der Waals surface area (Å²) in [6.45, 7) is 6.95. The van der Waals surface area contributed by atoms with E-state index in [-0.39, 0.29) is 16.8 Å². The first-order valence-electron chi connectivity index (χ1n) is 8.73. The third kappa shape index (κ3) is 3.51. The molecule has 0 radical (unpaired) electrons. The number of amides is 1. The smallest absolute Gasteiger partial charge is 0.246 e. The number of carbonyl (C=O) groups is 1. The predicted molar refractivity (Wildman–Crippen MR) is 96.2 cm³/mol. The van der Waals surface area contributed by atoms with Gasteiger partial charge in [-0.1, -0.05) is 0 Å². The van der Waals surface area contributed by atoms with E-state index in [9.17, 15) is 13.2 Å². The van der Waals surface area contributed by atoms with Crippen LogP contribution in [-0.2, 0) is 21.4 Å². The van der Waals surface area contributed by atoms with Crippen LogP contribution in [0.15, 0.2) is 29.6 Å². The van der Waals surface area contributed by atoms with Gasteiger partial charge in [0, 0.05) is 31.4 Å². The third-order valence-corrected chi connectivity index (χ3v) is 5.85. The maximum absolute atomic E-state index is 12.9. The molecule has 1 saturated heterocycles. The summed E-state index contributed by atoms with van der Waals surface area (Å²) in [5, 5.41) is 8.25. The van der Waals surface area contributed by atoms with Gasteiger partial charge in [0.15, 0.2) is 0 Å². The molecule has 0 bridgehead atoms. The summed E-state index contributed by atoms with van der Waals surface area (Å²) in [5.41, 5.74) is 0. The molecule has 10 heteroatoms. The van der Waals surface area contributed by atoms with Gasteiger partial charge in [-0.25, -0.2) is 13.1 Å². The van der Waals surface area contributed by atoms with Gasteiger partial charge in [-0.2, -0.15) is 14.9 Å². The largest absolute Gasteiger partial charge is 0.296 e. The summed E-state index contributed by atoms with van der Waals surface area (Å²) in [5.74, 6) is 0.431. The molecule has 2 aromatic heterocycles. The zero-order valence-electron chi connectivity index (χ0n) is 15.2. The average molecular weight is 380 g/mol. The van der Waals surface area contributed by atoms with Crippen molar-refractivity contribution in [2.75, 3.05) is 11.4 Å². The highest BCUT2D eigenvalue weighted by atomic mass is 32.2. The Kier molecular flexibility index (Phi) is 5.15. The predicted octanol–water partition coefficient (Wildman–Crippen LogP) is 1.15. The molecular weight excluding hydrogens is 356 g/mol. The Hall–Kier alpha value is -2.20. The molecule has 9 nitrogen and oxygen atoms in total. The van der Waals surface area contributed by atoms with Crippen LogP contribution in [0.25, 0.3) is 0 Å². The first-order chi connectivity index (χ1) is 12.3. The summed E-state index contributed by atoms with van der Waals surface area (Å²) < 4.78 is 31.1. The van der Waals surface area contributed by atoms with Crippen molar-refractivity contribution < 1.29 is 13.2 Å². The van der Waals surface area contributed by atoms with E-state index in [2.05, 4.69) is 14.9 Å². The maximum Gasteiger partial charge on any atom is 0.246 e. The van der Waals surface area contributed by atoms with Crippen LogP contribution in [0.4, 0.5) is 5.82 Å². The summed E-state index contributed by atoms with van der Waals surface area (Å²) in [6, 6.07) is 1.03. The van der Waals surface area contributed by atoms with Gasteiger partial charge < -0.3 is 0 Å². The van der Waals surface area contributed by atoms with Crippen LogP contribution >= 0.6 is 0 Å². The second kappa shape index (κ2) is 7.20. The van der Waals surface area contributed by atoms with Gasteiger partial charge in [-0.15, -0.1) is 0 Å².